The van der Waals surface area contributed by atoms with E-state index >= 15 is 0 Å². The van der Waals surface area contributed by atoms with Crippen molar-refractivity contribution in [3.05, 3.63) is 24.4 Å². The molecule has 2 rings (SSSR count). The summed E-state index contributed by atoms with van der Waals surface area (Å²) in [5.74, 6) is -1.02. The Balaban J connectivity index is 0.000000240. The third-order valence-corrected chi connectivity index (χ3v) is 4.27. The van der Waals surface area contributed by atoms with Gasteiger partial charge in [0.15, 0.2) is 0 Å². The number of aromatic nitrogens is 1. The highest BCUT2D eigenvalue weighted by atomic mass is 16.4. The standard InChI is InChI=1S/C9H17NO2.C8H10N2O2/c10-7-9(6-8(11)12)4-2-1-3-5-9;1-6(8(11)12)10-7-4-2-3-5-9-7/h1-7,10H2,(H,11,12);2-6H,1H3,(H,9,10)(H,11,12)/t;6-/m.0/s1. The molecule has 7 heteroatoms. The molecule has 24 heavy (non-hydrogen) atoms. The Bertz CT molecular complexity index is 516. The second kappa shape index (κ2) is 9.87. The van der Waals surface area contributed by atoms with Crippen LogP contribution in [0.25, 0.3) is 0 Å². The van der Waals surface area contributed by atoms with Crippen LogP contribution in [0, 0.1) is 5.41 Å². The third kappa shape index (κ3) is 6.95. The lowest BCUT2D eigenvalue weighted by molar-refractivity contribution is -0.140. The first-order valence-corrected chi connectivity index (χ1v) is 8.21. The number of pyridine rings is 1. The Hall–Kier alpha value is -2.15. The lowest BCUT2D eigenvalue weighted by Gasteiger charge is -2.34. The molecule has 0 unspecified atom stereocenters. The molecule has 1 aromatic heterocycles. The molecule has 0 aliphatic heterocycles. The molecule has 1 aliphatic carbocycles. The third-order valence-electron chi connectivity index (χ3n) is 4.27. The van der Waals surface area contributed by atoms with Crippen molar-refractivity contribution in [1.29, 1.82) is 0 Å². The number of aliphatic carboxylic acids is 2. The summed E-state index contributed by atoms with van der Waals surface area (Å²) in [6, 6.07) is 4.68. The molecule has 0 aromatic carbocycles. The van der Waals surface area contributed by atoms with Gasteiger partial charge in [0.2, 0.25) is 0 Å². The molecule has 1 fully saturated rings. The van der Waals surface area contributed by atoms with Crippen molar-refractivity contribution >= 4 is 17.8 Å². The van der Waals surface area contributed by atoms with Crippen LogP contribution in [0.3, 0.4) is 0 Å². The Labute approximate surface area is 142 Å². The van der Waals surface area contributed by atoms with Crippen molar-refractivity contribution in [2.75, 3.05) is 11.9 Å². The van der Waals surface area contributed by atoms with Gasteiger partial charge in [0.1, 0.15) is 11.9 Å². The van der Waals surface area contributed by atoms with Gasteiger partial charge >= 0.3 is 11.9 Å². The van der Waals surface area contributed by atoms with Gasteiger partial charge in [0, 0.05) is 6.20 Å². The number of anilines is 1. The van der Waals surface area contributed by atoms with Gasteiger partial charge in [-0.15, -0.1) is 0 Å². The quantitative estimate of drug-likeness (QED) is 0.627. The number of carboxylic acids is 2. The minimum atomic E-state index is -0.888. The summed E-state index contributed by atoms with van der Waals surface area (Å²) >= 11 is 0. The van der Waals surface area contributed by atoms with E-state index in [0.29, 0.717) is 12.4 Å². The van der Waals surface area contributed by atoms with E-state index in [0.717, 1.165) is 25.7 Å². The summed E-state index contributed by atoms with van der Waals surface area (Å²) in [6.07, 6.45) is 7.38. The van der Waals surface area contributed by atoms with Gasteiger partial charge in [0.05, 0.1) is 6.42 Å². The van der Waals surface area contributed by atoms with Crippen LogP contribution in [0.1, 0.15) is 45.4 Å². The summed E-state index contributed by atoms with van der Waals surface area (Å²) < 4.78 is 0. The molecule has 1 aliphatic rings. The largest absolute Gasteiger partial charge is 0.481 e. The van der Waals surface area contributed by atoms with E-state index in [1.165, 1.54) is 6.42 Å². The summed E-state index contributed by atoms with van der Waals surface area (Å²) in [4.78, 5) is 24.9. The zero-order chi connectivity index (χ0) is 18.0. The summed E-state index contributed by atoms with van der Waals surface area (Å²) in [5.41, 5.74) is 5.54. The fraction of sp³-hybridized carbons (Fsp3) is 0.588. The molecule has 1 saturated carbocycles. The van der Waals surface area contributed by atoms with Crippen molar-refractivity contribution in [2.24, 2.45) is 11.1 Å². The van der Waals surface area contributed by atoms with Crippen LogP contribution in [-0.2, 0) is 9.59 Å². The second-order valence-electron chi connectivity index (χ2n) is 6.25. The van der Waals surface area contributed by atoms with Gasteiger partial charge < -0.3 is 21.3 Å². The van der Waals surface area contributed by atoms with Gasteiger partial charge in [-0.1, -0.05) is 25.3 Å². The number of hydrogen-bond acceptors (Lipinski definition) is 5. The fourth-order valence-corrected chi connectivity index (χ4v) is 2.81. The van der Waals surface area contributed by atoms with E-state index in [1.54, 1.807) is 31.3 Å². The van der Waals surface area contributed by atoms with Crippen molar-refractivity contribution in [3.8, 4) is 0 Å². The molecule has 1 atom stereocenters. The summed E-state index contributed by atoms with van der Waals surface area (Å²) in [5, 5.41) is 20.0. The van der Waals surface area contributed by atoms with E-state index < -0.39 is 18.0 Å². The van der Waals surface area contributed by atoms with Crippen molar-refractivity contribution in [2.45, 2.75) is 51.5 Å². The molecule has 5 N–H and O–H groups in total. The van der Waals surface area contributed by atoms with Crippen LogP contribution in [0.2, 0.25) is 0 Å². The van der Waals surface area contributed by atoms with Crippen molar-refractivity contribution in [1.82, 2.24) is 4.98 Å². The van der Waals surface area contributed by atoms with Gasteiger partial charge in [-0.3, -0.25) is 9.59 Å². The molecule has 0 spiro atoms. The predicted octanol–water partition coefficient (Wildman–Crippen LogP) is 2.34. The van der Waals surface area contributed by atoms with Gasteiger partial charge in [-0.2, -0.15) is 0 Å². The van der Waals surface area contributed by atoms with Crippen LogP contribution in [-0.4, -0.2) is 39.7 Å². The van der Waals surface area contributed by atoms with E-state index in [2.05, 4.69) is 10.3 Å². The first kappa shape index (κ1) is 19.9. The van der Waals surface area contributed by atoms with Gasteiger partial charge in [-0.25, -0.2) is 4.98 Å². The first-order chi connectivity index (χ1) is 11.4. The molecule has 0 saturated heterocycles. The minimum absolute atomic E-state index is 0.0793. The van der Waals surface area contributed by atoms with Crippen molar-refractivity contribution in [3.63, 3.8) is 0 Å². The smallest absolute Gasteiger partial charge is 0.325 e. The topological polar surface area (TPSA) is 126 Å². The second-order valence-corrected chi connectivity index (χ2v) is 6.25. The Morgan fingerprint density at radius 2 is 1.96 bits per heavy atom. The lowest BCUT2D eigenvalue weighted by atomic mass is 9.72. The minimum Gasteiger partial charge on any atom is -0.481 e. The highest BCUT2D eigenvalue weighted by molar-refractivity contribution is 5.76. The number of carbonyl (C=O) groups is 2. The highest BCUT2D eigenvalue weighted by Crippen LogP contribution is 2.38. The van der Waals surface area contributed by atoms with E-state index in [4.69, 9.17) is 15.9 Å². The van der Waals surface area contributed by atoms with Crippen LogP contribution in [0.5, 0.6) is 0 Å². The monoisotopic (exact) mass is 337 g/mol. The number of hydrogen-bond donors (Lipinski definition) is 4. The fourth-order valence-electron chi connectivity index (χ4n) is 2.81. The summed E-state index contributed by atoms with van der Waals surface area (Å²) in [7, 11) is 0. The number of nitrogens with one attached hydrogen (secondary N) is 1. The number of nitrogens with zero attached hydrogens (tertiary/aromatic N) is 1. The molecule has 0 amide bonds. The molecular formula is C17H27N3O4. The SMILES string of the molecule is C[C@H](Nc1ccccn1)C(=O)O.NCC1(CC(=O)O)CCCCC1. The Kier molecular flexibility index (Phi) is 8.18. The normalized spacial score (nSPS) is 17.1. The van der Waals surface area contributed by atoms with E-state index in [9.17, 15) is 9.59 Å². The predicted molar refractivity (Wildman–Crippen MR) is 91.8 cm³/mol. The lowest BCUT2D eigenvalue weighted by Crippen LogP contribution is -2.34. The maximum absolute atomic E-state index is 10.6. The van der Waals surface area contributed by atoms with Gasteiger partial charge in [0.25, 0.3) is 0 Å². The van der Waals surface area contributed by atoms with Crippen LogP contribution < -0.4 is 11.1 Å². The molecule has 1 aromatic rings. The van der Waals surface area contributed by atoms with E-state index in [-0.39, 0.29) is 11.8 Å². The Morgan fingerprint density at radius 1 is 1.29 bits per heavy atom. The van der Waals surface area contributed by atoms with E-state index in [1.807, 2.05) is 0 Å². The molecule has 0 radical (unpaired) electrons. The molecule has 0 bridgehead atoms. The average molecular weight is 337 g/mol. The average Bonchev–Trinajstić information content (AvgIpc) is 2.56. The van der Waals surface area contributed by atoms with Crippen LogP contribution >= 0.6 is 0 Å². The highest BCUT2D eigenvalue weighted by Gasteiger charge is 2.32. The van der Waals surface area contributed by atoms with Crippen molar-refractivity contribution < 1.29 is 19.8 Å². The molecule has 1 heterocycles. The van der Waals surface area contributed by atoms with Crippen LogP contribution in [0.15, 0.2) is 24.4 Å². The zero-order valence-corrected chi connectivity index (χ0v) is 14.1. The Morgan fingerprint density at radius 3 is 2.42 bits per heavy atom. The van der Waals surface area contributed by atoms with Crippen LogP contribution in [0.4, 0.5) is 5.82 Å². The first-order valence-electron chi connectivity index (χ1n) is 8.21. The number of rotatable bonds is 6. The number of nitrogens with two attached hydrogens (primary N) is 1. The molecular weight excluding hydrogens is 310 g/mol. The maximum Gasteiger partial charge on any atom is 0.325 e. The maximum atomic E-state index is 10.6. The molecule has 7 nitrogen and oxygen atoms in total. The summed E-state index contributed by atoms with van der Waals surface area (Å²) in [6.45, 7) is 2.09. The molecule has 134 valence electrons. The number of carboxylic acid groups (broad SMARTS) is 2. The zero-order valence-electron chi connectivity index (χ0n) is 14.1. The van der Waals surface area contributed by atoms with Gasteiger partial charge in [-0.05, 0) is 43.9 Å².